The van der Waals surface area contributed by atoms with E-state index in [2.05, 4.69) is 16.0 Å². The molecule has 1 aliphatic rings. The molecule has 5 aromatic rings. The van der Waals surface area contributed by atoms with Gasteiger partial charge in [0.1, 0.15) is 11.5 Å². The Hall–Kier alpha value is -3.90. The number of hydrogen-bond acceptors (Lipinski definition) is 5. The molecule has 5 nitrogen and oxygen atoms in total. The van der Waals surface area contributed by atoms with Gasteiger partial charge in [0.15, 0.2) is 5.65 Å². The summed E-state index contributed by atoms with van der Waals surface area (Å²) >= 11 is 1.67. The van der Waals surface area contributed by atoms with E-state index in [-0.39, 0.29) is 5.56 Å². The van der Waals surface area contributed by atoms with Gasteiger partial charge in [0.25, 0.3) is 5.56 Å². The average Bonchev–Trinajstić information content (AvgIpc) is 2.82. The zero-order valence-electron chi connectivity index (χ0n) is 16.2. The summed E-state index contributed by atoms with van der Waals surface area (Å²) in [5.41, 5.74) is 3.67. The Morgan fingerprint density at radius 2 is 1.61 bits per heavy atom. The summed E-state index contributed by atoms with van der Waals surface area (Å²) in [7, 11) is 0. The first-order chi connectivity index (χ1) is 15.3. The van der Waals surface area contributed by atoms with Gasteiger partial charge >= 0.3 is 0 Å². The van der Waals surface area contributed by atoms with E-state index in [4.69, 9.17) is 9.72 Å². The third-order valence-electron chi connectivity index (χ3n) is 5.22. The molecule has 0 radical (unpaired) electrons. The molecule has 2 aromatic heterocycles. The highest BCUT2D eigenvalue weighted by Crippen LogP contribution is 2.47. The Bertz CT molecular complexity index is 1510. The van der Waals surface area contributed by atoms with Crippen LogP contribution in [0.25, 0.3) is 33.4 Å². The normalized spacial score (nSPS) is 12.1. The maximum atomic E-state index is 12.6. The highest BCUT2D eigenvalue weighted by atomic mass is 32.2. The second kappa shape index (κ2) is 7.11. The van der Waals surface area contributed by atoms with Gasteiger partial charge in [0.05, 0.1) is 27.2 Å². The predicted molar refractivity (Wildman–Crippen MR) is 122 cm³/mol. The molecular weight excluding hydrogens is 406 g/mol. The number of aromatic nitrogens is 3. The lowest BCUT2D eigenvalue weighted by Crippen LogP contribution is -2.09. The van der Waals surface area contributed by atoms with Crippen molar-refractivity contribution in [3.05, 3.63) is 95.5 Å². The van der Waals surface area contributed by atoms with Crippen LogP contribution in [0.4, 0.5) is 0 Å². The van der Waals surface area contributed by atoms with Crippen LogP contribution in [0, 0.1) is 0 Å². The molecular formula is C25H15N3O2S. The molecule has 0 amide bonds. The molecule has 0 aliphatic carbocycles. The minimum absolute atomic E-state index is 0.200. The van der Waals surface area contributed by atoms with Gasteiger partial charge in [-0.3, -0.25) is 4.79 Å². The van der Waals surface area contributed by atoms with Crippen molar-refractivity contribution in [3.8, 4) is 33.9 Å². The van der Waals surface area contributed by atoms with Crippen molar-refractivity contribution in [1.29, 1.82) is 0 Å². The number of aromatic amines is 1. The van der Waals surface area contributed by atoms with Crippen LogP contribution in [0.2, 0.25) is 0 Å². The van der Waals surface area contributed by atoms with Crippen molar-refractivity contribution < 1.29 is 4.74 Å². The number of pyridine rings is 1. The van der Waals surface area contributed by atoms with Crippen LogP contribution in [-0.4, -0.2) is 15.0 Å². The molecule has 3 heterocycles. The lowest BCUT2D eigenvalue weighted by molar-refractivity contribution is 0.454. The second-order valence-electron chi connectivity index (χ2n) is 7.16. The molecule has 1 N–H and O–H groups in total. The van der Waals surface area contributed by atoms with Crippen LogP contribution in [0.3, 0.4) is 0 Å². The fraction of sp³-hybridized carbons (Fsp3) is 0. The zero-order chi connectivity index (χ0) is 20.8. The van der Waals surface area contributed by atoms with Crippen LogP contribution in [0.5, 0.6) is 11.5 Å². The monoisotopic (exact) mass is 421 g/mol. The predicted octanol–water partition coefficient (Wildman–Crippen LogP) is 5.91. The van der Waals surface area contributed by atoms with Gasteiger partial charge in [-0.25, -0.2) is 9.97 Å². The number of benzene rings is 3. The number of para-hydroxylation sites is 1. The summed E-state index contributed by atoms with van der Waals surface area (Å²) in [5.74, 6) is 1.69. The number of fused-ring (bicyclic) bond motifs is 3. The molecule has 0 saturated carbocycles. The highest BCUT2D eigenvalue weighted by molar-refractivity contribution is 7.99. The van der Waals surface area contributed by atoms with Crippen LogP contribution in [0.15, 0.2) is 99.8 Å². The van der Waals surface area contributed by atoms with Crippen LogP contribution in [-0.2, 0) is 0 Å². The Morgan fingerprint density at radius 3 is 2.52 bits per heavy atom. The first-order valence-electron chi connectivity index (χ1n) is 9.79. The minimum atomic E-state index is -0.200. The molecule has 6 rings (SSSR count). The standard InChI is InChI=1S/C25H15N3O2S/c29-25-23-17(15-6-2-1-3-7-15)13-18(28-24(23)26-14-27-25)16-10-11-20-22(12-16)31-21-9-5-4-8-19(21)30-20/h1-14H,(H,26,27,28,29). The van der Waals surface area contributed by atoms with E-state index in [9.17, 15) is 4.79 Å². The third-order valence-corrected chi connectivity index (χ3v) is 6.32. The fourth-order valence-electron chi connectivity index (χ4n) is 3.75. The summed E-state index contributed by atoms with van der Waals surface area (Å²) in [5, 5.41) is 0.488. The first kappa shape index (κ1) is 17.9. The average molecular weight is 421 g/mol. The lowest BCUT2D eigenvalue weighted by Gasteiger charge is -2.20. The van der Waals surface area contributed by atoms with E-state index >= 15 is 0 Å². The number of hydrogen-bond donors (Lipinski definition) is 1. The van der Waals surface area contributed by atoms with Gasteiger partial charge in [-0.15, -0.1) is 0 Å². The van der Waals surface area contributed by atoms with E-state index < -0.39 is 0 Å². The Balaban J connectivity index is 1.53. The van der Waals surface area contributed by atoms with Crippen molar-refractivity contribution in [2.75, 3.05) is 0 Å². The smallest absolute Gasteiger partial charge is 0.260 e. The Labute approximate surface area is 181 Å². The largest absolute Gasteiger partial charge is 0.455 e. The maximum Gasteiger partial charge on any atom is 0.260 e. The fourth-order valence-corrected chi connectivity index (χ4v) is 4.74. The van der Waals surface area contributed by atoms with Gasteiger partial charge in [-0.1, -0.05) is 54.2 Å². The molecule has 3 aromatic carbocycles. The van der Waals surface area contributed by atoms with Crippen LogP contribution < -0.4 is 10.3 Å². The second-order valence-corrected chi connectivity index (χ2v) is 8.25. The molecule has 0 bridgehead atoms. The van der Waals surface area contributed by atoms with Crippen molar-refractivity contribution in [3.63, 3.8) is 0 Å². The van der Waals surface area contributed by atoms with E-state index in [0.29, 0.717) is 11.0 Å². The summed E-state index contributed by atoms with van der Waals surface area (Å²) in [6.45, 7) is 0. The summed E-state index contributed by atoms with van der Waals surface area (Å²) < 4.78 is 6.05. The Morgan fingerprint density at radius 1 is 0.806 bits per heavy atom. The van der Waals surface area contributed by atoms with Gasteiger partial charge in [0.2, 0.25) is 0 Å². The van der Waals surface area contributed by atoms with Crippen molar-refractivity contribution in [2.45, 2.75) is 9.79 Å². The molecule has 0 fully saturated rings. The number of ether oxygens (including phenoxy) is 1. The zero-order valence-corrected chi connectivity index (χ0v) is 17.0. The van der Waals surface area contributed by atoms with Crippen molar-refractivity contribution in [1.82, 2.24) is 15.0 Å². The van der Waals surface area contributed by atoms with E-state index in [1.165, 1.54) is 6.33 Å². The highest BCUT2D eigenvalue weighted by Gasteiger charge is 2.19. The van der Waals surface area contributed by atoms with E-state index in [1.54, 1.807) is 11.8 Å². The molecule has 148 valence electrons. The van der Waals surface area contributed by atoms with Gasteiger partial charge in [0, 0.05) is 11.1 Å². The molecule has 0 atom stereocenters. The molecule has 0 spiro atoms. The van der Waals surface area contributed by atoms with Crippen molar-refractivity contribution in [2.24, 2.45) is 0 Å². The number of nitrogens with zero attached hydrogens (tertiary/aromatic N) is 2. The number of nitrogens with one attached hydrogen (secondary N) is 1. The molecule has 31 heavy (non-hydrogen) atoms. The van der Waals surface area contributed by atoms with Gasteiger partial charge in [-0.05, 0) is 42.0 Å². The summed E-state index contributed by atoms with van der Waals surface area (Å²) in [6, 6.07) is 25.8. The van der Waals surface area contributed by atoms with Crippen LogP contribution >= 0.6 is 11.8 Å². The first-order valence-corrected chi connectivity index (χ1v) is 10.6. The Kier molecular flexibility index (Phi) is 4.11. The van der Waals surface area contributed by atoms with Crippen LogP contribution in [0.1, 0.15) is 0 Å². The van der Waals surface area contributed by atoms with Gasteiger partial charge in [-0.2, -0.15) is 0 Å². The third kappa shape index (κ3) is 3.08. The van der Waals surface area contributed by atoms with E-state index in [0.717, 1.165) is 43.7 Å². The topological polar surface area (TPSA) is 67.9 Å². The van der Waals surface area contributed by atoms with Crippen molar-refractivity contribution >= 4 is 22.8 Å². The number of rotatable bonds is 2. The molecule has 0 saturated heterocycles. The quantitative estimate of drug-likeness (QED) is 0.376. The van der Waals surface area contributed by atoms with Gasteiger partial charge < -0.3 is 9.72 Å². The maximum absolute atomic E-state index is 12.6. The summed E-state index contributed by atoms with van der Waals surface area (Å²) in [4.78, 5) is 26.4. The number of H-pyrrole nitrogens is 1. The molecule has 0 unspecified atom stereocenters. The minimum Gasteiger partial charge on any atom is -0.455 e. The van der Waals surface area contributed by atoms with E-state index in [1.807, 2.05) is 72.8 Å². The molecule has 1 aliphatic heterocycles. The molecule has 6 heteroatoms. The SMILES string of the molecule is O=c1[nH]cnc2nc(-c3ccc4c(c3)Sc3ccccc3O4)cc(-c3ccccc3)c12. The lowest BCUT2D eigenvalue weighted by atomic mass is 10.0. The summed E-state index contributed by atoms with van der Waals surface area (Å²) in [6.07, 6.45) is 1.39.